The number of hydrogen-bond donors (Lipinski definition) is 2. The second-order valence-electron chi connectivity index (χ2n) is 3.84. The lowest BCUT2D eigenvalue weighted by atomic mass is 9.98. The maximum absolute atomic E-state index is 10.6. The second-order valence-corrected chi connectivity index (χ2v) is 3.84. The highest BCUT2D eigenvalue weighted by atomic mass is 16.6. The number of aliphatic carboxylic acids is 1. The number of nitrogens with two attached hydrogens (primary N) is 1. The van der Waals surface area contributed by atoms with Crippen LogP contribution < -0.4 is 5.73 Å². The Morgan fingerprint density at radius 1 is 1.59 bits per heavy atom. The van der Waals surface area contributed by atoms with Gasteiger partial charge < -0.3 is 10.8 Å². The summed E-state index contributed by atoms with van der Waals surface area (Å²) in [6.07, 6.45) is 0.209. The van der Waals surface area contributed by atoms with Gasteiger partial charge in [0.25, 0.3) is 5.69 Å². The van der Waals surface area contributed by atoms with Gasteiger partial charge in [0.05, 0.1) is 4.92 Å². The molecule has 0 fully saturated rings. The quantitative estimate of drug-likeness (QED) is 0.600. The molecule has 0 aliphatic heterocycles. The van der Waals surface area contributed by atoms with E-state index in [0.29, 0.717) is 5.56 Å². The van der Waals surface area contributed by atoms with Gasteiger partial charge in [-0.2, -0.15) is 0 Å². The van der Waals surface area contributed by atoms with Crippen LogP contribution in [-0.2, 0) is 4.79 Å². The van der Waals surface area contributed by atoms with Gasteiger partial charge in [-0.1, -0.05) is 6.07 Å². The molecule has 3 N–H and O–H groups in total. The van der Waals surface area contributed by atoms with Crippen LogP contribution in [0.3, 0.4) is 0 Å². The fourth-order valence-corrected chi connectivity index (χ4v) is 1.58. The number of carbonyl (C=O) groups is 1. The number of hydrogen-bond acceptors (Lipinski definition) is 4. The van der Waals surface area contributed by atoms with Crippen molar-refractivity contribution in [3.63, 3.8) is 0 Å². The first-order chi connectivity index (χ1) is 7.91. The number of carboxylic acids is 1. The first-order valence-electron chi connectivity index (χ1n) is 5.14. The highest BCUT2D eigenvalue weighted by Crippen LogP contribution is 2.24. The zero-order chi connectivity index (χ0) is 13.0. The monoisotopic (exact) mass is 238 g/mol. The summed E-state index contributed by atoms with van der Waals surface area (Å²) in [7, 11) is 0. The van der Waals surface area contributed by atoms with Crippen LogP contribution in [0, 0.1) is 17.0 Å². The largest absolute Gasteiger partial charge is 0.481 e. The fraction of sp³-hybridized carbons (Fsp3) is 0.364. The van der Waals surface area contributed by atoms with Gasteiger partial charge in [-0.15, -0.1) is 0 Å². The van der Waals surface area contributed by atoms with Crippen LogP contribution in [0.1, 0.15) is 30.0 Å². The van der Waals surface area contributed by atoms with Crippen LogP contribution in [-0.4, -0.2) is 16.0 Å². The normalized spacial score (nSPS) is 12.1. The molecule has 0 aliphatic rings. The van der Waals surface area contributed by atoms with Gasteiger partial charge in [-0.3, -0.25) is 14.9 Å². The van der Waals surface area contributed by atoms with E-state index in [4.69, 9.17) is 10.8 Å². The van der Waals surface area contributed by atoms with Crippen molar-refractivity contribution in [2.75, 3.05) is 0 Å². The molecule has 0 aromatic heterocycles. The third-order valence-electron chi connectivity index (χ3n) is 2.54. The van der Waals surface area contributed by atoms with Crippen LogP contribution in [0.5, 0.6) is 0 Å². The molecule has 1 aromatic rings. The molecule has 0 bridgehead atoms. The molecule has 0 saturated carbocycles. The number of rotatable bonds is 5. The van der Waals surface area contributed by atoms with Gasteiger partial charge in [0.2, 0.25) is 0 Å². The Balaban J connectivity index is 2.91. The van der Waals surface area contributed by atoms with Crippen molar-refractivity contribution < 1.29 is 14.8 Å². The van der Waals surface area contributed by atoms with Crippen molar-refractivity contribution in [2.24, 2.45) is 5.73 Å². The van der Waals surface area contributed by atoms with Crippen LogP contribution in [0.2, 0.25) is 0 Å². The molecule has 0 spiro atoms. The number of nitro groups is 1. The summed E-state index contributed by atoms with van der Waals surface area (Å²) in [6, 6.07) is 3.93. The Bertz CT molecular complexity index is 445. The molecule has 17 heavy (non-hydrogen) atoms. The summed E-state index contributed by atoms with van der Waals surface area (Å²) in [5, 5.41) is 19.2. The molecule has 1 unspecified atom stereocenters. The molecule has 0 saturated heterocycles. The second kappa shape index (κ2) is 5.40. The minimum atomic E-state index is -0.927. The van der Waals surface area contributed by atoms with Gasteiger partial charge in [0.1, 0.15) is 0 Å². The van der Waals surface area contributed by atoms with Crippen molar-refractivity contribution in [1.29, 1.82) is 0 Å². The lowest BCUT2D eigenvalue weighted by Gasteiger charge is -2.13. The molecule has 1 rings (SSSR count). The minimum Gasteiger partial charge on any atom is -0.481 e. The zero-order valence-electron chi connectivity index (χ0n) is 9.42. The third-order valence-corrected chi connectivity index (χ3v) is 2.54. The average molecular weight is 238 g/mol. The fourth-order valence-electron chi connectivity index (χ4n) is 1.58. The van der Waals surface area contributed by atoms with E-state index in [1.807, 2.05) is 0 Å². The van der Waals surface area contributed by atoms with Crippen LogP contribution >= 0.6 is 0 Å². The van der Waals surface area contributed by atoms with Gasteiger partial charge in [-0.25, -0.2) is 0 Å². The molecular formula is C11H14N2O4. The number of non-ortho nitro benzene ring substituents is 1. The first kappa shape index (κ1) is 13.1. The molecule has 0 heterocycles. The Labute approximate surface area is 98.2 Å². The molecule has 0 aliphatic carbocycles. The Morgan fingerprint density at radius 3 is 2.76 bits per heavy atom. The number of nitrogens with zero attached hydrogens (tertiary/aromatic N) is 1. The predicted molar refractivity (Wildman–Crippen MR) is 61.6 cm³/mol. The van der Waals surface area contributed by atoms with Crippen molar-refractivity contribution in [1.82, 2.24) is 0 Å². The SMILES string of the molecule is Cc1ccc([N+](=O)[O-])cc1C(N)CCC(=O)O. The summed E-state index contributed by atoms with van der Waals surface area (Å²) in [5.41, 5.74) is 7.25. The van der Waals surface area contributed by atoms with Gasteiger partial charge in [-0.05, 0) is 24.5 Å². The highest BCUT2D eigenvalue weighted by molar-refractivity contribution is 5.66. The van der Waals surface area contributed by atoms with Crippen molar-refractivity contribution in [3.05, 3.63) is 39.4 Å². The molecule has 1 aromatic carbocycles. The third kappa shape index (κ3) is 3.53. The minimum absolute atomic E-state index is 0.0311. The summed E-state index contributed by atoms with van der Waals surface area (Å²) < 4.78 is 0. The van der Waals surface area contributed by atoms with E-state index < -0.39 is 16.9 Å². The maximum Gasteiger partial charge on any atom is 0.303 e. The zero-order valence-corrected chi connectivity index (χ0v) is 9.42. The highest BCUT2D eigenvalue weighted by Gasteiger charge is 2.15. The lowest BCUT2D eigenvalue weighted by Crippen LogP contribution is -2.13. The van der Waals surface area contributed by atoms with Crippen LogP contribution in [0.15, 0.2) is 18.2 Å². The molecular weight excluding hydrogens is 224 g/mol. The van der Waals surface area contributed by atoms with Crippen molar-refractivity contribution in [2.45, 2.75) is 25.8 Å². The van der Waals surface area contributed by atoms with E-state index in [1.54, 1.807) is 13.0 Å². The summed E-state index contributed by atoms with van der Waals surface area (Å²) in [6.45, 7) is 1.79. The van der Waals surface area contributed by atoms with Gasteiger partial charge >= 0.3 is 5.97 Å². The van der Waals surface area contributed by atoms with E-state index in [9.17, 15) is 14.9 Å². The number of carboxylic acid groups (broad SMARTS) is 1. The average Bonchev–Trinajstić information content (AvgIpc) is 2.26. The Hall–Kier alpha value is -1.95. The molecule has 0 radical (unpaired) electrons. The van der Waals surface area contributed by atoms with Crippen LogP contribution in [0.25, 0.3) is 0 Å². The number of benzene rings is 1. The van der Waals surface area contributed by atoms with Crippen molar-refractivity contribution in [3.8, 4) is 0 Å². The summed E-state index contributed by atoms with van der Waals surface area (Å²) in [5.74, 6) is -0.927. The van der Waals surface area contributed by atoms with E-state index in [-0.39, 0.29) is 18.5 Å². The molecule has 6 nitrogen and oxygen atoms in total. The predicted octanol–water partition coefficient (Wildman–Crippen LogP) is 1.77. The molecule has 92 valence electrons. The topological polar surface area (TPSA) is 106 Å². The van der Waals surface area contributed by atoms with Crippen molar-refractivity contribution >= 4 is 11.7 Å². The number of aryl methyl sites for hydroxylation is 1. The Kier molecular flexibility index (Phi) is 4.17. The Morgan fingerprint density at radius 2 is 2.24 bits per heavy atom. The van der Waals surface area contributed by atoms with E-state index in [0.717, 1.165) is 5.56 Å². The number of nitro benzene ring substituents is 1. The maximum atomic E-state index is 10.6. The molecule has 1 atom stereocenters. The molecule has 0 amide bonds. The molecule has 6 heteroatoms. The lowest BCUT2D eigenvalue weighted by molar-refractivity contribution is -0.384. The summed E-state index contributed by atoms with van der Waals surface area (Å²) >= 11 is 0. The van der Waals surface area contributed by atoms with Gasteiger partial charge in [0.15, 0.2) is 0 Å². The standard InChI is InChI=1S/C11H14N2O4/c1-7-2-3-8(13(16)17)6-9(7)10(12)4-5-11(14)15/h2-3,6,10H,4-5,12H2,1H3,(H,14,15). The summed E-state index contributed by atoms with van der Waals surface area (Å²) in [4.78, 5) is 20.6. The van der Waals surface area contributed by atoms with Gasteiger partial charge in [0, 0.05) is 24.6 Å². The van der Waals surface area contributed by atoms with E-state index in [2.05, 4.69) is 0 Å². The smallest absolute Gasteiger partial charge is 0.303 e. The van der Waals surface area contributed by atoms with E-state index >= 15 is 0 Å². The first-order valence-corrected chi connectivity index (χ1v) is 5.14. The van der Waals surface area contributed by atoms with E-state index in [1.165, 1.54) is 12.1 Å². The van der Waals surface area contributed by atoms with Crippen LogP contribution in [0.4, 0.5) is 5.69 Å².